The molecular weight excluding hydrogens is 681 g/mol. The summed E-state index contributed by atoms with van der Waals surface area (Å²) < 4.78 is 2.51. The molecule has 0 saturated carbocycles. The van der Waals surface area contributed by atoms with Crippen molar-refractivity contribution in [2.24, 2.45) is 0 Å². The fourth-order valence-electron chi connectivity index (χ4n) is 8.29. The zero-order valence-electron chi connectivity index (χ0n) is 31.0. The van der Waals surface area contributed by atoms with Crippen LogP contribution in [0, 0.1) is 0 Å². The second-order valence-electron chi connectivity index (χ2n) is 14.5. The van der Waals surface area contributed by atoms with Crippen LogP contribution < -0.4 is 5.01 Å². The molecule has 268 valence electrons. The molecule has 0 aliphatic heterocycles. The number of aromatic nitrogens is 3. The Bertz CT molecular complexity index is 2790. The molecular formula is C52H40N4. The maximum Gasteiger partial charge on any atom is 0.158 e. The van der Waals surface area contributed by atoms with Crippen molar-refractivity contribution in [2.45, 2.75) is 25.3 Å². The van der Waals surface area contributed by atoms with E-state index in [9.17, 15) is 0 Å². The summed E-state index contributed by atoms with van der Waals surface area (Å²) in [7, 11) is 0. The van der Waals surface area contributed by atoms with E-state index in [4.69, 9.17) is 0 Å². The maximum absolute atomic E-state index is 4.57. The zero-order chi connectivity index (χ0) is 37.3. The molecule has 2 aliphatic carbocycles. The fraction of sp³-hybridized carbons (Fsp3) is 0.0769. The van der Waals surface area contributed by atoms with Crippen molar-refractivity contribution in [3.8, 4) is 33.4 Å². The molecule has 0 amide bonds. The minimum atomic E-state index is 0.00941. The summed E-state index contributed by atoms with van der Waals surface area (Å²) in [5.74, 6) is 0.748. The third-order valence-corrected chi connectivity index (χ3v) is 11.0. The van der Waals surface area contributed by atoms with Gasteiger partial charge < -0.3 is 0 Å². The molecule has 10 rings (SSSR count). The molecule has 1 unspecified atom stereocenters. The summed E-state index contributed by atoms with van der Waals surface area (Å²) in [5, 5.41) is 4.96. The van der Waals surface area contributed by atoms with Gasteiger partial charge in [0.25, 0.3) is 0 Å². The van der Waals surface area contributed by atoms with E-state index in [1.54, 1.807) is 0 Å². The van der Waals surface area contributed by atoms with E-state index in [0.717, 1.165) is 41.9 Å². The van der Waals surface area contributed by atoms with E-state index in [1.165, 1.54) is 60.8 Å². The SMILES string of the molecule is C1=CC(c2cc(-c3ccccc3)cc3c4cc(-c5ccccc5)ccc4n(N(c4ccc(-c5ccccc5)cc4)C4C=CC(c5ncccn5)=CC4)c23)=CCC1. The van der Waals surface area contributed by atoms with Crippen LogP contribution >= 0.6 is 0 Å². The minimum Gasteiger partial charge on any atom is -0.274 e. The highest BCUT2D eigenvalue weighted by atomic mass is 15.6. The van der Waals surface area contributed by atoms with Crippen LogP contribution in [0.4, 0.5) is 5.69 Å². The van der Waals surface area contributed by atoms with E-state index in [2.05, 4.69) is 202 Å². The Kier molecular flexibility index (Phi) is 8.77. The molecule has 0 fully saturated rings. The molecule has 1 atom stereocenters. The lowest BCUT2D eigenvalue weighted by atomic mass is 9.92. The number of hydrogen-bond acceptors (Lipinski definition) is 3. The van der Waals surface area contributed by atoms with Crippen LogP contribution in [0.5, 0.6) is 0 Å². The van der Waals surface area contributed by atoms with Gasteiger partial charge in [-0.05, 0) is 101 Å². The Balaban J connectivity index is 1.25. The third kappa shape index (κ3) is 6.25. The number of rotatable bonds is 8. The number of benzene rings is 6. The molecule has 0 N–H and O–H groups in total. The van der Waals surface area contributed by atoms with Gasteiger partial charge in [0.05, 0.1) is 22.8 Å². The van der Waals surface area contributed by atoms with Gasteiger partial charge >= 0.3 is 0 Å². The normalized spacial score (nSPS) is 15.2. The molecule has 0 bridgehead atoms. The summed E-state index contributed by atoms with van der Waals surface area (Å²) in [4.78, 5) is 9.14. The largest absolute Gasteiger partial charge is 0.274 e. The topological polar surface area (TPSA) is 34.0 Å². The van der Waals surface area contributed by atoms with Gasteiger partial charge in [-0.1, -0.05) is 146 Å². The maximum atomic E-state index is 4.57. The first-order valence-corrected chi connectivity index (χ1v) is 19.5. The van der Waals surface area contributed by atoms with Crippen LogP contribution in [0.2, 0.25) is 0 Å². The second kappa shape index (κ2) is 14.7. The molecule has 4 nitrogen and oxygen atoms in total. The first kappa shape index (κ1) is 33.5. The minimum absolute atomic E-state index is 0.00941. The van der Waals surface area contributed by atoms with E-state index < -0.39 is 0 Å². The molecule has 0 saturated heterocycles. The van der Waals surface area contributed by atoms with Crippen molar-refractivity contribution in [3.63, 3.8) is 0 Å². The number of allylic oxidation sites excluding steroid dienone is 6. The fourth-order valence-corrected chi connectivity index (χ4v) is 8.29. The Hall–Kier alpha value is -7.04. The van der Waals surface area contributed by atoms with E-state index in [-0.39, 0.29) is 6.04 Å². The third-order valence-electron chi connectivity index (χ3n) is 11.0. The predicted molar refractivity (Wildman–Crippen MR) is 234 cm³/mol. The Morgan fingerprint density at radius 3 is 1.79 bits per heavy atom. The van der Waals surface area contributed by atoms with E-state index in [0.29, 0.717) is 0 Å². The molecule has 2 aliphatic rings. The lowest BCUT2D eigenvalue weighted by Gasteiger charge is -2.35. The van der Waals surface area contributed by atoms with Crippen molar-refractivity contribution in [1.29, 1.82) is 0 Å². The smallest absolute Gasteiger partial charge is 0.158 e. The van der Waals surface area contributed by atoms with Crippen molar-refractivity contribution >= 4 is 38.6 Å². The first-order chi connectivity index (χ1) is 27.8. The highest BCUT2D eigenvalue weighted by Crippen LogP contribution is 2.43. The van der Waals surface area contributed by atoms with Gasteiger partial charge in [0, 0.05) is 34.3 Å². The van der Waals surface area contributed by atoms with E-state index >= 15 is 0 Å². The number of hydrogen-bond donors (Lipinski definition) is 0. The van der Waals surface area contributed by atoms with Crippen LogP contribution in [0.15, 0.2) is 201 Å². The van der Waals surface area contributed by atoms with Crippen LogP contribution in [-0.4, -0.2) is 20.7 Å². The quantitative estimate of drug-likeness (QED) is 0.157. The Morgan fingerprint density at radius 1 is 0.518 bits per heavy atom. The van der Waals surface area contributed by atoms with Crippen molar-refractivity contribution in [1.82, 2.24) is 14.6 Å². The average Bonchev–Trinajstić information content (AvgIpc) is 3.61. The first-order valence-electron chi connectivity index (χ1n) is 19.5. The summed E-state index contributed by atoms with van der Waals surface area (Å²) >= 11 is 0. The molecule has 0 radical (unpaired) electrons. The van der Waals surface area contributed by atoms with Gasteiger partial charge in [0.1, 0.15) is 0 Å². The Morgan fingerprint density at radius 2 is 1.14 bits per heavy atom. The van der Waals surface area contributed by atoms with Crippen LogP contribution in [0.3, 0.4) is 0 Å². The number of anilines is 1. The Labute approximate surface area is 327 Å². The zero-order valence-corrected chi connectivity index (χ0v) is 31.0. The van der Waals surface area contributed by atoms with Gasteiger partial charge in [-0.15, -0.1) is 0 Å². The molecule has 2 aromatic heterocycles. The van der Waals surface area contributed by atoms with Gasteiger partial charge in [0.15, 0.2) is 5.82 Å². The molecule has 8 aromatic rings. The lowest BCUT2D eigenvalue weighted by Crippen LogP contribution is -2.39. The van der Waals surface area contributed by atoms with Crippen molar-refractivity contribution in [2.75, 3.05) is 5.01 Å². The summed E-state index contributed by atoms with van der Waals surface area (Å²) in [5.41, 5.74) is 14.2. The van der Waals surface area contributed by atoms with Crippen LogP contribution in [0.1, 0.15) is 30.7 Å². The highest BCUT2D eigenvalue weighted by molar-refractivity contribution is 6.14. The van der Waals surface area contributed by atoms with Crippen molar-refractivity contribution < 1.29 is 0 Å². The predicted octanol–water partition coefficient (Wildman–Crippen LogP) is 13.0. The number of fused-ring (bicyclic) bond motifs is 3. The van der Waals surface area contributed by atoms with Crippen LogP contribution in [0.25, 0.3) is 66.3 Å². The lowest BCUT2D eigenvalue weighted by molar-refractivity contribution is 0.641. The summed E-state index contributed by atoms with van der Waals surface area (Å²) in [6, 6.07) is 54.9. The molecule has 2 heterocycles. The van der Waals surface area contributed by atoms with Gasteiger partial charge in [-0.3, -0.25) is 9.69 Å². The monoisotopic (exact) mass is 720 g/mol. The summed E-state index contributed by atoms with van der Waals surface area (Å²) in [6.45, 7) is 0. The molecule has 56 heavy (non-hydrogen) atoms. The van der Waals surface area contributed by atoms with Gasteiger partial charge in [-0.2, -0.15) is 0 Å². The molecule has 6 aromatic carbocycles. The van der Waals surface area contributed by atoms with Gasteiger partial charge in [-0.25, -0.2) is 9.97 Å². The highest BCUT2D eigenvalue weighted by Gasteiger charge is 2.28. The molecule has 0 spiro atoms. The van der Waals surface area contributed by atoms with Crippen LogP contribution in [-0.2, 0) is 0 Å². The van der Waals surface area contributed by atoms with E-state index in [1.807, 2.05) is 18.5 Å². The molecule has 4 heteroatoms. The second-order valence-corrected chi connectivity index (χ2v) is 14.5. The summed E-state index contributed by atoms with van der Waals surface area (Å²) in [6.07, 6.45) is 20.3. The van der Waals surface area contributed by atoms with Gasteiger partial charge in [0.2, 0.25) is 0 Å². The number of nitrogens with zero attached hydrogens (tertiary/aromatic N) is 4. The standard InChI is InChI=1S/C52H40N4/c1-5-14-37(15-6-1)40-22-27-45(28-23-40)55(46-29-24-42(25-30-46)52-53-32-13-33-54-52)56-50-31-26-43(38-16-7-2-8-17-38)34-48(50)49-36-44(39-18-9-3-10-19-39)35-47(51(49)56)41-20-11-4-12-21-41/h1-3,5-11,13-29,31-36,46H,4,12,30H2. The van der Waals surface area contributed by atoms with Crippen molar-refractivity contribution in [3.05, 3.63) is 212 Å². The average molecular weight is 721 g/mol.